The number of methoxy groups -OCH3 is 2. The number of rotatable bonds is 7. The van der Waals surface area contributed by atoms with Crippen molar-refractivity contribution in [1.82, 2.24) is 0 Å². The predicted molar refractivity (Wildman–Crippen MR) is 106 cm³/mol. The largest absolute Gasteiger partial charge is 0.496 e. The van der Waals surface area contributed by atoms with Gasteiger partial charge in [-0.2, -0.15) is 0 Å². The minimum atomic E-state index is -0.356. The molecule has 0 radical (unpaired) electrons. The van der Waals surface area contributed by atoms with E-state index in [1.165, 1.54) is 24.8 Å². The Bertz CT molecular complexity index is 626. The zero-order valence-corrected chi connectivity index (χ0v) is 17.4. The molecule has 1 aromatic rings. The van der Waals surface area contributed by atoms with Crippen molar-refractivity contribution in [2.45, 2.75) is 78.2 Å². The Morgan fingerprint density at radius 2 is 1.69 bits per heavy atom. The van der Waals surface area contributed by atoms with Crippen molar-refractivity contribution in [3.8, 4) is 11.5 Å². The molecule has 3 rings (SSSR count). The fourth-order valence-electron chi connectivity index (χ4n) is 5.74. The van der Waals surface area contributed by atoms with E-state index < -0.39 is 0 Å². The summed E-state index contributed by atoms with van der Waals surface area (Å²) in [7, 11) is 3.47. The molecule has 26 heavy (non-hydrogen) atoms. The van der Waals surface area contributed by atoms with Crippen molar-refractivity contribution < 1.29 is 14.6 Å². The van der Waals surface area contributed by atoms with E-state index in [0.717, 1.165) is 36.3 Å². The normalized spacial score (nSPS) is 32.0. The highest BCUT2D eigenvalue weighted by molar-refractivity contribution is 5.52. The molecule has 0 spiro atoms. The van der Waals surface area contributed by atoms with Crippen LogP contribution in [0.3, 0.4) is 0 Å². The molecule has 2 saturated carbocycles. The molecule has 0 heterocycles. The van der Waals surface area contributed by atoms with Crippen molar-refractivity contribution in [1.29, 1.82) is 0 Å². The van der Waals surface area contributed by atoms with Crippen molar-refractivity contribution in [2.75, 3.05) is 14.2 Å². The SMILES string of the molecule is CCCCCc1cc(OC)c(C2C(O)[C@]3(C)CC[C@H]2C3(C)C)c(OC)c1. The smallest absolute Gasteiger partial charge is 0.126 e. The fraction of sp³-hybridized carbons (Fsp3) is 0.739. The van der Waals surface area contributed by atoms with Crippen LogP contribution in [0.25, 0.3) is 0 Å². The molecule has 2 fully saturated rings. The van der Waals surface area contributed by atoms with Gasteiger partial charge in [0, 0.05) is 11.5 Å². The molecule has 1 aromatic carbocycles. The van der Waals surface area contributed by atoms with Gasteiger partial charge in [-0.15, -0.1) is 0 Å². The van der Waals surface area contributed by atoms with Crippen LogP contribution in [0.2, 0.25) is 0 Å². The molecular weight excluding hydrogens is 324 g/mol. The first kappa shape index (κ1) is 19.5. The Morgan fingerprint density at radius 3 is 2.15 bits per heavy atom. The van der Waals surface area contributed by atoms with Crippen LogP contribution in [0.15, 0.2) is 12.1 Å². The van der Waals surface area contributed by atoms with E-state index in [-0.39, 0.29) is 22.9 Å². The number of benzene rings is 1. The number of unbranched alkanes of at least 4 members (excludes halogenated alkanes) is 2. The third-order valence-corrected chi connectivity index (χ3v) is 7.81. The molecule has 2 aliphatic rings. The summed E-state index contributed by atoms with van der Waals surface area (Å²) in [6.45, 7) is 9.14. The average molecular weight is 361 g/mol. The van der Waals surface area contributed by atoms with E-state index in [4.69, 9.17) is 9.47 Å². The van der Waals surface area contributed by atoms with Crippen molar-refractivity contribution in [2.24, 2.45) is 16.7 Å². The van der Waals surface area contributed by atoms with E-state index in [2.05, 4.69) is 39.8 Å². The van der Waals surface area contributed by atoms with Gasteiger partial charge in [-0.05, 0) is 60.1 Å². The van der Waals surface area contributed by atoms with Gasteiger partial charge in [0.25, 0.3) is 0 Å². The lowest BCUT2D eigenvalue weighted by atomic mass is 9.70. The van der Waals surface area contributed by atoms with Crippen LogP contribution in [-0.4, -0.2) is 25.4 Å². The Morgan fingerprint density at radius 1 is 1.08 bits per heavy atom. The predicted octanol–water partition coefficient (Wildman–Crippen LogP) is 5.34. The van der Waals surface area contributed by atoms with Crippen molar-refractivity contribution in [3.63, 3.8) is 0 Å². The fourth-order valence-corrected chi connectivity index (χ4v) is 5.74. The number of aliphatic hydroxyl groups excluding tert-OH is 1. The minimum Gasteiger partial charge on any atom is -0.496 e. The van der Waals surface area contributed by atoms with Crippen LogP contribution >= 0.6 is 0 Å². The number of hydrogen-bond acceptors (Lipinski definition) is 3. The van der Waals surface area contributed by atoms with E-state index in [0.29, 0.717) is 5.92 Å². The lowest BCUT2D eigenvalue weighted by Crippen LogP contribution is -2.37. The highest BCUT2D eigenvalue weighted by Crippen LogP contribution is 2.71. The third-order valence-electron chi connectivity index (χ3n) is 7.81. The second-order valence-corrected chi connectivity index (χ2v) is 9.13. The Labute approximate surface area is 159 Å². The number of hydrogen-bond donors (Lipinski definition) is 1. The van der Waals surface area contributed by atoms with Gasteiger partial charge in [0.2, 0.25) is 0 Å². The monoisotopic (exact) mass is 360 g/mol. The second kappa shape index (κ2) is 7.07. The molecule has 2 bridgehead atoms. The molecule has 146 valence electrons. The van der Waals surface area contributed by atoms with Gasteiger partial charge in [-0.3, -0.25) is 0 Å². The summed E-state index contributed by atoms with van der Waals surface area (Å²) in [6.07, 6.45) is 6.59. The molecule has 4 atom stereocenters. The van der Waals surface area contributed by atoms with E-state index in [1.54, 1.807) is 14.2 Å². The first-order chi connectivity index (χ1) is 12.3. The molecule has 0 saturated heterocycles. The van der Waals surface area contributed by atoms with Gasteiger partial charge < -0.3 is 14.6 Å². The van der Waals surface area contributed by atoms with Gasteiger partial charge >= 0.3 is 0 Å². The maximum absolute atomic E-state index is 11.3. The number of aliphatic hydroxyl groups is 1. The van der Waals surface area contributed by atoms with Crippen LogP contribution in [-0.2, 0) is 6.42 Å². The summed E-state index contributed by atoms with van der Waals surface area (Å²) in [5.74, 6) is 2.30. The summed E-state index contributed by atoms with van der Waals surface area (Å²) < 4.78 is 11.6. The van der Waals surface area contributed by atoms with Crippen molar-refractivity contribution in [3.05, 3.63) is 23.3 Å². The van der Waals surface area contributed by atoms with Crippen molar-refractivity contribution >= 4 is 0 Å². The highest BCUT2D eigenvalue weighted by atomic mass is 16.5. The van der Waals surface area contributed by atoms with Crippen LogP contribution < -0.4 is 9.47 Å². The van der Waals surface area contributed by atoms with Gasteiger partial charge in [0.15, 0.2) is 0 Å². The Balaban J connectivity index is 2.02. The van der Waals surface area contributed by atoms with Crippen LogP contribution in [0, 0.1) is 16.7 Å². The quantitative estimate of drug-likeness (QED) is 0.667. The first-order valence-electron chi connectivity index (χ1n) is 10.2. The molecule has 2 unspecified atom stereocenters. The molecule has 0 aromatic heterocycles. The number of ether oxygens (including phenoxy) is 2. The zero-order chi connectivity index (χ0) is 19.1. The Hall–Kier alpha value is -1.22. The maximum atomic E-state index is 11.3. The summed E-state index contributed by atoms with van der Waals surface area (Å²) in [4.78, 5) is 0. The first-order valence-corrected chi connectivity index (χ1v) is 10.2. The second-order valence-electron chi connectivity index (χ2n) is 9.13. The maximum Gasteiger partial charge on any atom is 0.126 e. The van der Waals surface area contributed by atoms with Crippen LogP contribution in [0.4, 0.5) is 0 Å². The minimum absolute atomic E-state index is 0.0435. The lowest BCUT2D eigenvalue weighted by Gasteiger charge is -2.37. The molecule has 1 N–H and O–H groups in total. The summed E-state index contributed by atoms with van der Waals surface area (Å²) >= 11 is 0. The average Bonchev–Trinajstić information content (AvgIpc) is 2.93. The van der Waals surface area contributed by atoms with E-state index in [9.17, 15) is 5.11 Å². The zero-order valence-electron chi connectivity index (χ0n) is 17.4. The lowest BCUT2D eigenvalue weighted by molar-refractivity contribution is 0.00407. The van der Waals surface area contributed by atoms with Gasteiger partial charge in [0.1, 0.15) is 11.5 Å². The van der Waals surface area contributed by atoms with Gasteiger partial charge in [0.05, 0.1) is 20.3 Å². The number of fused-ring (bicyclic) bond motifs is 2. The highest BCUT2D eigenvalue weighted by Gasteiger charge is 2.66. The topological polar surface area (TPSA) is 38.7 Å². The van der Waals surface area contributed by atoms with E-state index in [1.807, 2.05) is 0 Å². The van der Waals surface area contributed by atoms with Crippen LogP contribution in [0.1, 0.15) is 76.8 Å². The summed E-state index contributed by atoms with van der Waals surface area (Å²) in [5.41, 5.74) is 2.41. The summed E-state index contributed by atoms with van der Waals surface area (Å²) in [5, 5.41) is 11.3. The van der Waals surface area contributed by atoms with Gasteiger partial charge in [-0.25, -0.2) is 0 Å². The molecule has 0 amide bonds. The van der Waals surface area contributed by atoms with E-state index >= 15 is 0 Å². The molecule has 0 aliphatic heterocycles. The third kappa shape index (κ3) is 2.74. The summed E-state index contributed by atoms with van der Waals surface area (Å²) in [6, 6.07) is 4.34. The molecule has 2 aliphatic carbocycles. The molecular formula is C23H36O3. The Kier molecular flexibility index (Phi) is 5.31. The molecule has 3 nitrogen and oxygen atoms in total. The van der Waals surface area contributed by atoms with Gasteiger partial charge in [-0.1, -0.05) is 40.5 Å². The standard InChI is InChI=1S/C23H36O3/c1-7-8-9-10-15-13-17(25-5)20(18(14-15)26-6)19-16-11-12-23(4,21(19)24)22(16,2)3/h13-14,16,19,21,24H,7-12H2,1-6H3/t16-,19?,21?,23+/m1/s1. The van der Waals surface area contributed by atoms with Crippen LogP contribution in [0.5, 0.6) is 11.5 Å². The molecule has 3 heteroatoms. The number of aryl methyl sites for hydroxylation is 1.